The van der Waals surface area contributed by atoms with Crippen LogP contribution in [0.2, 0.25) is 0 Å². The van der Waals surface area contributed by atoms with Crippen molar-refractivity contribution in [1.29, 1.82) is 0 Å². The third-order valence-electron chi connectivity index (χ3n) is 4.18. The molecule has 21 heavy (non-hydrogen) atoms. The lowest BCUT2D eigenvalue weighted by Gasteiger charge is -2.16. The van der Waals surface area contributed by atoms with Crippen LogP contribution < -0.4 is 10.5 Å². The lowest BCUT2D eigenvalue weighted by molar-refractivity contribution is 0.470. The zero-order valence-corrected chi connectivity index (χ0v) is 12.5. The molecular formula is C15H19N3O2S. The number of pyridine rings is 1. The Morgan fingerprint density at radius 1 is 1.29 bits per heavy atom. The van der Waals surface area contributed by atoms with Crippen LogP contribution in [0.15, 0.2) is 41.6 Å². The van der Waals surface area contributed by atoms with E-state index in [1.54, 1.807) is 30.6 Å². The second-order valence-corrected chi connectivity index (χ2v) is 7.30. The molecule has 0 radical (unpaired) electrons. The van der Waals surface area contributed by atoms with Gasteiger partial charge in [0.05, 0.1) is 4.90 Å². The van der Waals surface area contributed by atoms with Crippen molar-refractivity contribution >= 4 is 20.8 Å². The quantitative estimate of drug-likeness (QED) is 0.899. The van der Waals surface area contributed by atoms with E-state index in [2.05, 4.69) is 9.71 Å². The van der Waals surface area contributed by atoms with Crippen LogP contribution in [-0.2, 0) is 10.0 Å². The second kappa shape index (κ2) is 5.71. The molecule has 6 heteroatoms. The summed E-state index contributed by atoms with van der Waals surface area (Å²) in [5.74, 6) is 0.233. The number of rotatable bonds is 4. The summed E-state index contributed by atoms with van der Waals surface area (Å²) in [6, 6.07) is 7.04. The molecule has 1 aliphatic carbocycles. The summed E-state index contributed by atoms with van der Waals surface area (Å²) in [5.41, 5.74) is 5.99. The van der Waals surface area contributed by atoms with Crippen LogP contribution >= 0.6 is 0 Å². The zero-order valence-electron chi connectivity index (χ0n) is 11.7. The van der Waals surface area contributed by atoms with Crippen molar-refractivity contribution in [1.82, 2.24) is 9.71 Å². The Morgan fingerprint density at radius 3 is 2.90 bits per heavy atom. The van der Waals surface area contributed by atoms with Gasteiger partial charge in [-0.15, -0.1) is 0 Å². The summed E-state index contributed by atoms with van der Waals surface area (Å²) in [4.78, 5) is 4.32. The smallest absolute Gasteiger partial charge is 0.241 e. The van der Waals surface area contributed by atoms with Crippen molar-refractivity contribution in [2.45, 2.75) is 30.2 Å². The number of nitrogens with one attached hydrogen (secondary N) is 1. The SMILES string of the molecule is NC1CCCC1CNS(=O)(=O)c1cccc2cnccc12. The molecule has 3 N–H and O–H groups in total. The van der Waals surface area contributed by atoms with Crippen LogP contribution in [0.3, 0.4) is 0 Å². The molecule has 1 heterocycles. The minimum atomic E-state index is -3.53. The molecule has 3 rings (SSSR count). The Balaban J connectivity index is 1.86. The maximum atomic E-state index is 12.5. The summed E-state index contributed by atoms with van der Waals surface area (Å²) in [6.07, 6.45) is 6.32. The average Bonchev–Trinajstić information content (AvgIpc) is 2.90. The molecule has 0 bridgehead atoms. The first-order chi connectivity index (χ1) is 10.1. The summed E-state index contributed by atoms with van der Waals surface area (Å²) >= 11 is 0. The first-order valence-electron chi connectivity index (χ1n) is 7.16. The van der Waals surface area contributed by atoms with E-state index >= 15 is 0 Å². The highest BCUT2D eigenvalue weighted by molar-refractivity contribution is 7.89. The number of hydrogen-bond donors (Lipinski definition) is 2. The molecular weight excluding hydrogens is 286 g/mol. The van der Waals surface area contributed by atoms with Gasteiger partial charge in [-0.25, -0.2) is 13.1 Å². The largest absolute Gasteiger partial charge is 0.327 e. The van der Waals surface area contributed by atoms with E-state index in [1.165, 1.54) is 0 Å². The topological polar surface area (TPSA) is 85.1 Å². The van der Waals surface area contributed by atoms with E-state index in [4.69, 9.17) is 5.73 Å². The molecule has 5 nitrogen and oxygen atoms in total. The van der Waals surface area contributed by atoms with Gasteiger partial charge < -0.3 is 5.73 Å². The summed E-state index contributed by atoms with van der Waals surface area (Å²) < 4.78 is 27.8. The predicted molar refractivity (Wildman–Crippen MR) is 82.2 cm³/mol. The monoisotopic (exact) mass is 305 g/mol. The maximum Gasteiger partial charge on any atom is 0.241 e. The molecule has 1 aliphatic rings. The highest BCUT2D eigenvalue weighted by Crippen LogP contribution is 2.25. The molecule has 1 fully saturated rings. The minimum Gasteiger partial charge on any atom is -0.327 e. The van der Waals surface area contributed by atoms with E-state index in [0.29, 0.717) is 16.8 Å². The van der Waals surface area contributed by atoms with Crippen molar-refractivity contribution < 1.29 is 8.42 Å². The van der Waals surface area contributed by atoms with Crippen LogP contribution in [0, 0.1) is 5.92 Å². The van der Waals surface area contributed by atoms with Gasteiger partial charge in [-0.3, -0.25) is 4.98 Å². The van der Waals surface area contributed by atoms with Crippen LogP contribution in [0.1, 0.15) is 19.3 Å². The summed E-state index contributed by atoms with van der Waals surface area (Å²) in [6.45, 7) is 0.408. The third-order valence-corrected chi connectivity index (χ3v) is 5.67. The molecule has 0 amide bonds. The third kappa shape index (κ3) is 2.92. The molecule has 0 aliphatic heterocycles. The van der Waals surface area contributed by atoms with Gasteiger partial charge in [0.25, 0.3) is 0 Å². The fourth-order valence-corrected chi connectivity index (χ4v) is 4.26. The van der Waals surface area contributed by atoms with Gasteiger partial charge in [0, 0.05) is 35.8 Å². The summed E-state index contributed by atoms with van der Waals surface area (Å²) in [5, 5.41) is 1.51. The van der Waals surface area contributed by atoms with Gasteiger partial charge in [0.2, 0.25) is 10.0 Å². The molecule has 1 aromatic heterocycles. The van der Waals surface area contributed by atoms with Gasteiger partial charge in [-0.1, -0.05) is 18.6 Å². The molecule has 2 unspecified atom stereocenters. The molecule has 0 saturated heterocycles. The molecule has 112 valence electrons. The number of nitrogens with two attached hydrogens (primary N) is 1. The van der Waals surface area contributed by atoms with Gasteiger partial charge in [0.15, 0.2) is 0 Å². The van der Waals surface area contributed by atoms with Crippen molar-refractivity contribution in [2.24, 2.45) is 11.7 Å². The fourth-order valence-electron chi connectivity index (χ4n) is 2.94. The average molecular weight is 305 g/mol. The first-order valence-corrected chi connectivity index (χ1v) is 8.64. The Kier molecular flexibility index (Phi) is 3.93. The highest BCUT2D eigenvalue weighted by atomic mass is 32.2. The molecule has 2 atom stereocenters. The van der Waals surface area contributed by atoms with Crippen molar-refractivity contribution in [2.75, 3.05) is 6.54 Å². The number of benzene rings is 1. The molecule has 1 saturated carbocycles. The van der Waals surface area contributed by atoms with E-state index < -0.39 is 10.0 Å². The Labute approximate surface area is 124 Å². The predicted octanol–water partition coefficient (Wildman–Crippen LogP) is 1.64. The molecule has 1 aromatic carbocycles. The van der Waals surface area contributed by atoms with E-state index in [1.807, 2.05) is 6.07 Å². The van der Waals surface area contributed by atoms with Crippen molar-refractivity contribution in [3.8, 4) is 0 Å². The number of sulfonamides is 1. The van der Waals surface area contributed by atoms with Gasteiger partial charge >= 0.3 is 0 Å². The van der Waals surface area contributed by atoms with Gasteiger partial charge in [-0.05, 0) is 30.9 Å². The van der Waals surface area contributed by atoms with Gasteiger partial charge in [0.1, 0.15) is 0 Å². The van der Waals surface area contributed by atoms with Crippen LogP contribution in [0.25, 0.3) is 10.8 Å². The Hall–Kier alpha value is -1.50. The standard InChI is InChI=1S/C15H19N3O2S/c16-14-5-1-4-12(14)10-18-21(19,20)15-6-2-3-11-9-17-8-7-13(11)15/h2-3,6-9,12,14,18H,1,4-5,10,16H2. The van der Waals surface area contributed by atoms with Gasteiger partial charge in [-0.2, -0.15) is 0 Å². The first kappa shape index (κ1) is 14.4. The van der Waals surface area contributed by atoms with Crippen LogP contribution in [0.5, 0.6) is 0 Å². The van der Waals surface area contributed by atoms with Crippen LogP contribution in [0.4, 0.5) is 0 Å². The van der Waals surface area contributed by atoms with E-state index in [0.717, 1.165) is 24.6 Å². The normalized spacial score (nSPS) is 22.7. The Morgan fingerprint density at radius 2 is 2.14 bits per heavy atom. The van der Waals surface area contributed by atoms with Crippen LogP contribution in [-0.4, -0.2) is 26.0 Å². The van der Waals surface area contributed by atoms with Crippen molar-refractivity contribution in [3.05, 3.63) is 36.7 Å². The lowest BCUT2D eigenvalue weighted by Crippen LogP contribution is -2.36. The fraction of sp³-hybridized carbons (Fsp3) is 0.400. The number of nitrogens with zero attached hydrogens (tertiary/aromatic N) is 1. The Bertz CT molecular complexity index is 740. The molecule has 0 spiro atoms. The summed E-state index contributed by atoms with van der Waals surface area (Å²) in [7, 11) is -3.53. The van der Waals surface area contributed by atoms with Crippen molar-refractivity contribution in [3.63, 3.8) is 0 Å². The second-order valence-electron chi connectivity index (χ2n) is 5.56. The molecule has 2 aromatic rings. The number of fused-ring (bicyclic) bond motifs is 1. The lowest BCUT2D eigenvalue weighted by atomic mass is 10.1. The number of aromatic nitrogens is 1. The maximum absolute atomic E-state index is 12.5. The zero-order chi connectivity index (χ0) is 14.9. The number of hydrogen-bond acceptors (Lipinski definition) is 4. The van der Waals surface area contributed by atoms with E-state index in [-0.39, 0.29) is 12.0 Å². The highest BCUT2D eigenvalue weighted by Gasteiger charge is 2.26. The minimum absolute atomic E-state index is 0.101. The van der Waals surface area contributed by atoms with E-state index in [9.17, 15) is 8.42 Å².